The van der Waals surface area contributed by atoms with E-state index in [1.54, 1.807) is 0 Å². The molecule has 0 saturated carbocycles. The summed E-state index contributed by atoms with van der Waals surface area (Å²) >= 11 is 0. The number of aryl methyl sites for hydroxylation is 2. The number of halogens is 2. The average Bonchev–Trinajstić information content (AvgIpc) is 2.65. The van der Waals surface area contributed by atoms with Crippen LogP contribution in [-0.2, 0) is 6.54 Å². The van der Waals surface area contributed by atoms with Crippen molar-refractivity contribution in [1.29, 1.82) is 0 Å². The maximum absolute atomic E-state index is 13.5. The van der Waals surface area contributed by atoms with E-state index in [9.17, 15) is 8.78 Å². The molecule has 0 amide bonds. The molecule has 1 aromatic carbocycles. The number of imidazole rings is 1. The number of aromatic nitrogens is 2. The molecule has 0 fully saturated rings. The standard InChI is InChI=1S/C13H15F2N3/c1-3-6-18-8-9(2)16-13(18)17-12-7-10(14)4-5-11(12)15/h4-5,7-8H,3,6H2,1-2H3,(H,16,17). The fourth-order valence-corrected chi connectivity index (χ4v) is 1.77. The predicted octanol–water partition coefficient (Wildman–Crippen LogP) is 3.62. The van der Waals surface area contributed by atoms with Crippen molar-refractivity contribution in [1.82, 2.24) is 9.55 Å². The maximum Gasteiger partial charge on any atom is 0.207 e. The van der Waals surface area contributed by atoms with Crippen LogP contribution in [0.1, 0.15) is 19.0 Å². The van der Waals surface area contributed by atoms with Crippen LogP contribution in [0, 0.1) is 18.6 Å². The summed E-state index contributed by atoms with van der Waals surface area (Å²) in [6.45, 7) is 4.68. The number of rotatable bonds is 4. The van der Waals surface area contributed by atoms with Gasteiger partial charge in [0.15, 0.2) is 0 Å². The first-order chi connectivity index (χ1) is 8.60. The molecule has 0 aliphatic heterocycles. The monoisotopic (exact) mass is 251 g/mol. The first-order valence-corrected chi connectivity index (χ1v) is 5.86. The van der Waals surface area contributed by atoms with Crippen LogP contribution in [0.2, 0.25) is 0 Å². The van der Waals surface area contributed by atoms with E-state index in [0.29, 0.717) is 5.95 Å². The van der Waals surface area contributed by atoms with E-state index in [1.807, 2.05) is 24.6 Å². The second kappa shape index (κ2) is 5.16. The molecule has 1 heterocycles. The number of hydrogen-bond donors (Lipinski definition) is 1. The second-order valence-electron chi connectivity index (χ2n) is 4.15. The minimum absolute atomic E-state index is 0.0953. The largest absolute Gasteiger partial charge is 0.323 e. The van der Waals surface area contributed by atoms with Crippen LogP contribution >= 0.6 is 0 Å². The lowest BCUT2D eigenvalue weighted by atomic mass is 10.3. The Morgan fingerprint density at radius 1 is 1.33 bits per heavy atom. The van der Waals surface area contributed by atoms with Gasteiger partial charge in [0.05, 0.1) is 11.4 Å². The van der Waals surface area contributed by atoms with E-state index in [-0.39, 0.29) is 5.69 Å². The molecule has 0 radical (unpaired) electrons. The number of benzene rings is 1. The molecule has 0 saturated heterocycles. The molecule has 2 aromatic rings. The minimum Gasteiger partial charge on any atom is -0.323 e. The fraction of sp³-hybridized carbons (Fsp3) is 0.308. The van der Waals surface area contributed by atoms with Gasteiger partial charge in [-0.05, 0) is 25.5 Å². The van der Waals surface area contributed by atoms with E-state index in [4.69, 9.17) is 0 Å². The predicted molar refractivity (Wildman–Crippen MR) is 66.9 cm³/mol. The molecule has 0 bridgehead atoms. The molecule has 3 nitrogen and oxygen atoms in total. The third-order valence-corrected chi connectivity index (χ3v) is 2.54. The number of nitrogens with one attached hydrogen (secondary N) is 1. The van der Waals surface area contributed by atoms with Gasteiger partial charge in [-0.15, -0.1) is 0 Å². The van der Waals surface area contributed by atoms with E-state index in [2.05, 4.69) is 10.3 Å². The van der Waals surface area contributed by atoms with Crippen molar-refractivity contribution < 1.29 is 8.78 Å². The van der Waals surface area contributed by atoms with Crippen molar-refractivity contribution in [3.8, 4) is 0 Å². The van der Waals surface area contributed by atoms with Gasteiger partial charge in [-0.25, -0.2) is 13.8 Å². The molecule has 0 aliphatic rings. The van der Waals surface area contributed by atoms with Crippen LogP contribution in [0.4, 0.5) is 20.4 Å². The molecule has 0 unspecified atom stereocenters. The summed E-state index contributed by atoms with van der Waals surface area (Å²) in [4.78, 5) is 4.26. The number of hydrogen-bond acceptors (Lipinski definition) is 2. The van der Waals surface area contributed by atoms with Crippen molar-refractivity contribution in [3.63, 3.8) is 0 Å². The zero-order valence-electron chi connectivity index (χ0n) is 10.4. The van der Waals surface area contributed by atoms with Gasteiger partial charge in [-0.1, -0.05) is 6.92 Å². The lowest BCUT2D eigenvalue weighted by molar-refractivity contribution is 0.603. The van der Waals surface area contributed by atoms with Gasteiger partial charge >= 0.3 is 0 Å². The molecule has 5 heteroatoms. The minimum atomic E-state index is -0.500. The average molecular weight is 251 g/mol. The van der Waals surface area contributed by atoms with E-state index >= 15 is 0 Å². The molecule has 0 atom stereocenters. The van der Waals surface area contributed by atoms with E-state index in [0.717, 1.165) is 36.9 Å². The SMILES string of the molecule is CCCn1cc(C)nc1Nc1cc(F)ccc1F. The molecular formula is C13H15F2N3. The van der Waals surface area contributed by atoms with Gasteiger partial charge in [0, 0.05) is 18.8 Å². The van der Waals surface area contributed by atoms with Crippen LogP contribution < -0.4 is 5.32 Å². The first-order valence-electron chi connectivity index (χ1n) is 5.86. The first kappa shape index (κ1) is 12.5. The molecule has 18 heavy (non-hydrogen) atoms. The quantitative estimate of drug-likeness (QED) is 0.899. The van der Waals surface area contributed by atoms with Gasteiger partial charge < -0.3 is 9.88 Å². The van der Waals surface area contributed by atoms with Crippen LogP contribution in [0.5, 0.6) is 0 Å². The Balaban J connectivity index is 2.30. The molecule has 2 rings (SSSR count). The summed E-state index contributed by atoms with van der Waals surface area (Å²) in [5, 5.41) is 2.82. The van der Waals surface area contributed by atoms with Crippen molar-refractivity contribution in [2.75, 3.05) is 5.32 Å². The van der Waals surface area contributed by atoms with Crippen LogP contribution in [0.25, 0.3) is 0 Å². The normalized spacial score (nSPS) is 10.7. The highest BCUT2D eigenvalue weighted by atomic mass is 19.1. The number of anilines is 2. The lowest BCUT2D eigenvalue weighted by Crippen LogP contribution is -2.04. The smallest absolute Gasteiger partial charge is 0.207 e. The Hall–Kier alpha value is -1.91. The third kappa shape index (κ3) is 2.67. The highest BCUT2D eigenvalue weighted by molar-refractivity contribution is 5.54. The van der Waals surface area contributed by atoms with Gasteiger partial charge in [0.1, 0.15) is 11.6 Å². The Bertz CT molecular complexity index is 549. The summed E-state index contributed by atoms with van der Waals surface area (Å²) in [5.74, 6) is -0.455. The molecule has 1 aromatic heterocycles. The molecule has 0 spiro atoms. The van der Waals surface area contributed by atoms with E-state index < -0.39 is 11.6 Å². The fourth-order valence-electron chi connectivity index (χ4n) is 1.77. The molecule has 0 aliphatic carbocycles. The van der Waals surface area contributed by atoms with Gasteiger partial charge in [0.25, 0.3) is 0 Å². The Morgan fingerprint density at radius 3 is 2.83 bits per heavy atom. The van der Waals surface area contributed by atoms with Gasteiger partial charge in [-0.2, -0.15) is 0 Å². The van der Waals surface area contributed by atoms with Crippen molar-refractivity contribution in [2.24, 2.45) is 0 Å². The summed E-state index contributed by atoms with van der Waals surface area (Å²) in [5.41, 5.74) is 0.931. The van der Waals surface area contributed by atoms with Gasteiger partial charge in [0.2, 0.25) is 5.95 Å². The summed E-state index contributed by atoms with van der Waals surface area (Å²) in [6.07, 6.45) is 2.82. The maximum atomic E-state index is 13.5. The zero-order chi connectivity index (χ0) is 13.1. The highest BCUT2D eigenvalue weighted by Gasteiger charge is 2.09. The third-order valence-electron chi connectivity index (χ3n) is 2.54. The summed E-state index contributed by atoms with van der Waals surface area (Å²) < 4.78 is 28.5. The van der Waals surface area contributed by atoms with Crippen molar-refractivity contribution in [2.45, 2.75) is 26.8 Å². The topological polar surface area (TPSA) is 29.9 Å². The molecule has 1 N–H and O–H groups in total. The molecule has 96 valence electrons. The van der Waals surface area contributed by atoms with Crippen LogP contribution in [-0.4, -0.2) is 9.55 Å². The van der Waals surface area contributed by atoms with Crippen molar-refractivity contribution >= 4 is 11.6 Å². The van der Waals surface area contributed by atoms with Crippen LogP contribution in [0.3, 0.4) is 0 Å². The zero-order valence-corrected chi connectivity index (χ0v) is 10.4. The van der Waals surface area contributed by atoms with E-state index in [1.165, 1.54) is 0 Å². The van der Waals surface area contributed by atoms with Gasteiger partial charge in [-0.3, -0.25) is 0 Å². The summed E-state index contributed by atoms with van der Waals surface area (Å²) in [7, 11) is 0. The lowest BCUT2D eigenvalue weighted by Gasteiger charge is -2.09. The van der Waals surface area contributed by atoms with Crippen LogP contribution in [0.15, 0.2) is 24.4 Å². The number of nitrogens with zero attached hydrogens (tertiary/aromatic N) is 2. The van der Waals surface area contributed by atoms with Crippen molar-refractivity contribution in [3.05, 3.63) is 41.7 Å². The highest BCUT2D eigenvalue weighted by Crippen LogP contribution is 2.21. The second-order valence-corrected chi connectivity index (χ2v) is 4.15. The Morgan fingerprint density at radius 2 is 2.11 bits per heavy atom. The summed E-state index contributed by atoms with van der Waals surface area (Å²) in [6, 6.07) is 3.30. The molecular weight excluding hydrogens is 236 g/mol. The Kier molecular flexibility index (Phi) is 3.60. The Labute approximate surface area is 104 Å².